The van der Waals surface area contributed by atoms with Gasteiger partial charge < -0.3 is 4.74 Å². The highest BCUT2D eigenvalue weighted by Gasteiger charge is 2.37. The highest BCUT2D eigenvalue weighted by Crippen LogP contribution is 2.46. The summed E-state index contributed by atoms with van der Waals surface area (Å²) in [7, 11) is 0. The van der Waals surface area contributed by atoms with E-state index >= 15 is 0 Å². The van der Waals surface area contributed by atoms with Crippen LogP contribution in [-0.4, -0.2) is 0 Å². The van der Waals surface area contributed by atoms with E-state index in [1.807, 2.05) is 24.3 Å². The fourth-order valence-electron chi connectivity index (χ4n) is 5.21. The van der Waals surface area contributed by atoms with Crippen molar-refractivity contribution in [1.82, 2.24) is 0 Å². The summed E-state index contributed by atoms with van der Waals surface area (Å²) < 4.78 is 6.66. The maximum absolute atomic E-state index is 9.01. The van der Waals surface area contributed by atoms with Crippen molar-refractivity contribution in [3.8, 4) is 11.8 Å². The number of benzene rings is 2. The molecule has 2 heteroatoms. The van der Waals surface area contributed by atoms with Crippen LogP contribution < -0.4 is 4.74 Å². The molecule has 2 nitrogen and oxygen atoms in total. The molecule has 2 aromatic carbocycles. The quantitative estimate of drug-likeness (QED) is 0.645. The zero-order valence-electron chi connectivity index (χ0n) is 16.2. The minimum atomic E-state index is 0.127. The van der Waals surface area contributed by atoms with Gasteiger partial charge in [0, 0.05) is 5.92 Å². The van der Waals surface area contributed by atoms with Crippen molar-refractivity contribution >= 4 is 0 Å². The molecule has 0 aliphatic heterocycles. The first-order chi connectivity index (χ1) is 13.2. The van der Waals surface area contributed by atoms with E-state index in [0.717, 1.165) is 23.1 Å². The predicted molar refractivity (Wildman–Crippen MR) is 109 cm³/mol. The van der Waals surface area contributed by atoms with Crippen LogP contribution in [0.1, 0.15) is 61.8 Å². The van der Waals surface area contributed by atoms with Gasteiger partial charge in [-0.15, -0.1) is 0 Å². The first kappa shape index (κ1) is 18.1. The molecule has 0 N–H and O–H groups in total. The van der Waals surface area contributed by atoms with Crippen molar-refractivity contribution in [2.75, 3.05) is 0 Å². The number of nitrogens with zero attached hydrogens (tertiary/aromatic N) is 1. The summed E-state index contributed by atoms with van der Waals surface area (Å²) in [4.78, 5) is 0. The molecule has 0 spiro atoms. The maximum atomic E-state index is 9.01. The van der Waals surface area contributed by atoms with Crippen molar-refractivity contribution in [2.24, 2.45) is 17.8 Å². The SMILES string of the molecule is C[C@@H]1CCCC([C@H]2CCc3ccccc3[C@@H]2Oc2cccc(CC#N)c2)C1. The van der Waals surface area contributed by atoms with Gasteiger partial charge in [0.05, 0.1) is 12.5 Å². The van der Waals surface area contributed by atoms with Crippen LogP contribution in [0.5, 0.6) is 5.75 Å². The second-order valence-electron chi connectivity index (χ2n) is 8.45. The van der Waals surface area contributed by atoms with Gasteiger partial charge in [-0.05, 0) is 59.9 Å². The van der Waals surface area contributed by atoms with Crippen LogP contribution >= 0.6 is 0 Å². The summed E-state index contributed by atoms with van der Waals surface area (Å²) in [5, 5.41) is 9.01. The predicted octanol–water partition coefficient (Wildman–Crippen LogP) is 6.26. The van der Waals surface area contributed by atoms with Crippen LogP contribution in [0.25, 0.3) is 0 Å². The second-order valence-corrected chi connectivity index (χ2v) is 8.45. The Kier molecular flexibility index (Phi) is 5.48. The van der Waals surface area contributed by atoms with Gasteiger partial charge in [-0.1, -0.05) is 62.6 Å². The first-order valence-electron chi connectivity index (χ1n) is 10.4. The summed E-state index contributed by atoms with van der Waals surface area (Å²) in [6.07, 6.45) is 8.35. The summed E-state index contributed by atoms with van der Waals surface area (Å²) >= 11 is 0. The lowest BCUT2D eigenvalue weighted by atomic mass is 9.68. The van der Waals surface area contributed by atoms with Crippen LogP contribution in [-0.2, 0) is 12.8 Å². The Hall–Kier alpha value is -2.27. The number of nitriles is 1. The average molecular weight is 360 g/mol. The lowest BCUT2D eigenvalue weighted by Gasteiger charge is -2.41. The van der Waals surface area contributed by atoms with Crippen molar-refractivity contribution < 1.29 is 4.74 Å². The van der Waals surface area contributed by atoms with Gasteiger partial charge in [0.2, 0.25) is 0 Å². The number of fused-ring (bicyclic) bond motifs is 1. The zero-order chi connectivity index (χ0) is 18.6. The van der Waals surface area contributed by atoms with Gasteiger partial charge in [0.25, 0.3) is 0 Å². The van der Waals surface area contributed by atoms with Crippen LogP contribution in [0.3, 0.4) is 0 Å². The standard InChI is InChI=1S/C25H29NO/c1-18-6-4-9-21(16-18)24-13-12-20-8-2-3-11-23(20)25(24)27-22-10-5-7-19(17-22)14-15-26/h2-3,5,7-8,10-11,17-18,21,24-25H,4,6,9,12-14,16H2,1H3/t18-,21?,24-,25+/m1/s1. The third kappa shape index (κ3) is 4.03. The molecular formula is C25H29NO. The van der Waals surface area contributed by atoms with E-state index in [1.165, 1.54) is 49.7 Å². The normalized spacial score (nSPS) is 27.4. The van der Waals surface area contributed by atoms with E-state index in [4.69, 9.17) is 10.00 Å². The lowest BCUT2D eigenvalue weighted by molar-refractivity contribution is 0.0546. The van der Waals surface area contributed by atoms with Crippen LogP contribution in [0.2, 0.25) is 0 Å². The van der Waals surface area contributed by atoms with E-state index < -0.39 is 0 Å². The Morgan fingerprint density at radius 2 is 1.96 bits per heavy atom. The third-order valence-corrected chi connectivity index (χ3v) is 6.52. The Balaban J connectivity index is 1.64. The van der Waals surface area contributed by atoms with Gasteiger partial charge in [-0.2, -0.15) is 5.26 Å². The Morgan fingerprint density at radius 1 is 1.07 bits per heavy atom. The summed E-state index contributed by atoms with van der Waals surface area (Å²) in [5.74, 6) is 3.08. The minimum Gasteiger partial charge on any atom is -0.485 e. The van der Waals surface area contributed by atoms with Crippen molar-refractivity contribution in [3.63, 3.8) is 0 Å². The fourth-order valence-corrected chi connectivity index (χ4v) is 5.21. The molecule has 0 aromatic heterocycles. The molecule has 2 aliphatic rings. The minimum absolute atomic E-state index is 0.127. The molecule has 0 saturated heterocycles. The van der Waals surface area contributed by atoms with E-state index in [2.05, 4.69) is 37.3 Å². The molecule has 0 radical (unpaired) electrons. The van der Waals surface area contributed by atoms with Gasteiger partial charge >= 0.3 is 0 Å². The molecule has 2 aromatic rings. The van der Waals surface area contributed by atoms with E-state index in [0.29, 0.717) is 12.3 Å². The summed E-state index contributed by atoms with van der Waals surface area (Å²) in [5.41, 5.74) is 3.84. The number of hydrogen-bond acceptors (Lipinski definition) is 2. The van der Waals surface area contributed by atoms with Gasteiger partial charge in [-0.25, -0.2) is 0 Å². The third-order valence-electron chi connectivity index (χ3n) is 6.52. The topological polar surface area (TPSA) is 33.0 Å². The molecule has 0 heterocycles. The largest absolute Gasteiger partial charge is 0.485 e. The maximum Gasteiger partial charge on any atom is 0.127 e. The summed E-state index contributed by atoms with van der Waals surface area (Å²) in [6, 6.07) is 19.2. The number of hydrogen-bond donors (Lipinski definition) is 0. The van der Waals surface area contributed by atoms with Crippen molar-refractivity contribution in [1.29, 1.82) is 5.26 Å². The molecule has 4 rings (SSSR count). The monoisotopic (exact) mass is 359 g/mol. The van der Waals surface area contributed by atoms with Gasteiger partial charge in [0.15, 0.2) is 0 Å². The molecule has 1 unspecified atom stereocenters. The first-order valence-corrected chi connectivity index (χ1v) is 10.4. The van der Waals surface area contributed by atoms with Gasteiger partial charge in [-0.3, -0.25) is 0 Å². The molecule has 1 saturated carbocycles. The summed E-state index contributed by atoms with van der Waals surface area (Å²) in [6.45, 7) is 2.41. The fraction of sp³-hybridized carbons (Fsp3) is 0.480. The number of rotatable bonds is 4. The van der Waals surface area contributed by atoms with Crippen molar-refractivity contribution in [3.05, 3.63) is 65.2 Å². The average Bonchev–Trinajstić information content (AvgIpc) is 2.69. The van der Waals surface area contributed by atoms with E-state index in [1.54, 1.807) is 0 Å². The molecule has 1 fully saturated rings. The Labute approximate surface area is 163 Å². The smallest absolute Gasteiger partial charge is 0.127 e. The van der Waals surface area contributed by atoms with E-state index in [-0.39, 0.29) is 6.10 Å². The van der Waals surface area contributed by atoms with E-state index in [9.17, 15) is 0 Å². The highest BCUT2D eigenvalue weighted by atomic mass is 16.5. The van der Waals surface area contributed by atoms with Gasteiger partial charge in [0.1, 0.15) is 11.9 Å². The Bertz CT molecular complexity index is 821. The molecular weight excluding hydrogens is 330 g/mol. The van der Waals surface area contributed by atoms with Crippen LogP contribution in [0, 0.1) is 29.1 Å². The molecule has 4 atom stereocenters. The molecule has 0 amide bonds. The van der Waals surface area contributed by atoms with Crippen LogP contribution in [0.4, 0.5) is 0 Å². The lowest BCUT2D eigenvalue weighted by Crippen LogP contribution is -2.33. The number of ether oxygens (including phenoxy) is 1. The zero-order valence-corrected chi connectivity index (χ0v) is 16.2. The molecule has 2 aliphatic carbocycles. The van der Waals surface area contributed by atoms with Crippen LogP contribution in [0.15, 0.2) is 48.5 Å². The molecule has 27 heavy (non-hydrogen) atoms. The number of aryl methyl sites for hydroxylation is 1. The second kappa shape index (κ2) is 8.17. The molecule has 0 bridgehead atoms. The Morgan fingerprint density at radius 3 is 2.81 bits per heavy atom. The van der Waals surface area contributed by atoms with Crippen molar-refractivity contribution in [2.45, 2.75) is 58.0 Å². The highest BCUT2D eigenvalue weighted by molar-refractivity contribution is 5.35. The molecule has 140 valence electrons.